The first-order valence-electron chi connectivity index (χ1n) is 6.72. The number of aliphatic imine (C=N–C) groups is 1. The van der Waals surface area contributed by atoms with Crippen molar-refractivity contribution >= 4 is 32.6 Å². The van der Waals surface area contributed by atoms with Gasteiger partial charge < -0.3 is 10.5 Å². The maximum atomic E-state index is 5.68. The Morgan fingerprint density at radius 1 is 1.50 bits per heavy atom. The van der Waals surface area contributed by atoms with Crippen molar-refractivity contribution in [2.75, 3.05) is 5.75 Å². The van der Waals surface area contributed by atoms with Crippen LogP contribution in [0.1, 0.15) is 45.4 Å². The average Bonchev–Trinajstić information content (AvgIpc) is 2.69. The molecule has 1 aliphatic heterocycles. The van der Waals surface area contributed by atoms with Crippen molar-refractivity contribution in [3.05, 3.63) is 11.6 Å². The van der Waals surface area contributed by atoms with Gasteiger partial charge in [-0.2, -0.15) is 0 Å². The first-order valence-corrected chi connectivity index (χ1v) is 8.99. The lowest BCUT2D eigenvalue weighted by molar-refractivity contribution is 0.351. The van der Waals surface area contributed by atoms with E-state index in [1.165, 1.54) is 38.5 Å². The van der Waals surface area contributed by atoms with Gasteiger partial charge in [0.15, 0.2) is 5.11 Å². The number of thiocarbonyl (C=S) groups is 1. The first-order chi connectivity index (χ1) is 8.62. The molecule has 5 heteroatoms. The maximum absolute atomic E-state index is 5.68. The topological polar surface area (TPSA) is 50.4 Å². The molecule has 1 saturated carbocycles. The lowest BCUT2D eigenvalue weighted by atomic mass is 9.88. The van der Waals surface area contributed by atoms with Crippen molar-refractivity contribution in [2.24, 2.45) is 16.6 Å². The smallest absolute Gasteiger partial charge is 0.173 e. The molecule has 0 aromatic heterocycles. The quantitative estimate of drug-likeness (QED) is 0.778. The minimum atomic E-state index is -1.19. The van der Waals surface area contributed by atoms with Crippen molar-refractivity contribution in [3.63, 3.8) is 0 Å². The summed E-state index contributed by atoms with van der Waals surface area (Å²) in [5.74, 6) is 2.01. The molecule has 2 aliphatic rings. The van der Waals surface area contributed by atoms with E-state index in [9.17, 15) is 0 Å². The fraction of sp³-hybridized carbons (Fsp3) is 0.692. The van der Waals surface area contributed by atoms with Crippen LogP contribution in [0.3, 0.4) is 0 Å². The van der Waals surface area contributed by atoms with E-state index in [1.807, 2.05) is 6.20 Å². The predicted octanol–water partition coefficient (Wildman–Crippen LogP) is 3.41. The summed E-state index contributed by atoms with van der Waals surface area (Å²) in [4.78, 5) is 4.40. The largest absolute Gasteiger partial charge is 0.376 e. The average molecular weight is 285 g/mol. The first kappa shape index (κ1) is 13.9. The number of nitrogens with zero attached hydrogens (tertiary/aromatic N) is 1. The number of nitrogens with two attached hydrogens (primary N) is 1. The Balaban J connectivity index is 1.95. The van der Waals surface area contributed by atoms with E-state index in [0.717, 1.165) is 16.7 Å². The summed E-state index contributed by atoms with van der Waals surface area (Å²) in [5, 5.41) is 3.74. The molecule has 1 heterocycles. The molecule has 1 unspecified atom stereocenters. The van der Waals surface area contributed by atoms with Gasteiger partial charge in [0.25, 0.3) is 0 Å². The Bertz CT molecular complexity index is 372. The van der Waals surface area contributed by atoms with Crippen LogP contribution in [-0.2, 0) is 0 Å². The molecule has 0 bridgehead atoms. The zero-order valence-corrected chi connectivity index (χ0v) is 12.7. The molecule has 0 saturated heterocycles. The summed E-state index contributed by atoms with van der Waals surface area (Å²) in [6, 6.07) is 0. The van der Waals surface area contributed by atoms with Crippen molar-refractivity contribution in [1.82, 2.24) is 4.72 Å². The molecule has 3 N–H and O–H groups in total. The molecule has 102 valence electrons. The second-order valence-corrected chi connectivity index (χ2v) is 8.69. The Morgan fingerprint density at radius 2 is 2.22 bits per heavy atom. The monoisotopic (exact) mass is 285 g/mol. The highest BCUT2D eigenvalue weighted by atomic mass is 32.3. The molecule has 3 nitrogen and oxygen atoms in total. The molecule has 0 radical (unpaired) electrons. The fourth-order valence-corrected chi connectivity index (χ4v) is 5.79. The molecular formula is C13H23N3S2. The summed E-state index contributed by atoms with van der Waals surface area (Å²) in [6.45, 7) is 2.08. The van der Waals surface area contributed by atoms with Crippen LogP contribution in [-0.4, -0.2) is 15.9 Å². The standard InChI is InChI=1S/C13H23N3S2/c1-11-15-8-10-18(11,16-13(14)17)9-7-12-5-3-2-4-6-12/h8,10,12H,2-7,9H2,1H3,(H3,14,16,17). The normalized spacial score (nSPS) is 31.7. The maximum Gasteiger partial charge on any atom is 0.173 e. The van der Waals surface area contributed by atoms with Crippen LogP contribution in [0.2, 0.25) is 0 Å². The number of hydrogen-bond acceptors (Lipinski definition) is 2. The highest BCUT2D eigenvalue weighted by Crippen LogP contribution is 2.51. The highest BCUT2D eigenvalue weighted by molar-refractivity contribution is 8.46. The van der Waals surface area contributed by atoms with Crippen LogP contribution in [0, 0.1) is 5.92 Å². The Labute approximate surface area is 117 Å². The van der Waals surface area contributed by atoms with E-state index in [1.54, 1.807) is 0 Å². The van der Waals surface area contributed by atoms with Gasteiger partial charge in [-0.25, -0.2) is 0 Å². The summed E-state index contributed by atoms with van der Waals surface area (Å²) in [6.07, 6.45) is 10.2. The summed E-state index contributed by atoms with van der Waals surface area (Å²) >= 11 is 5.03. The number of hydrogen-bond donors (Lipinski definition) is 2. The molecule has 1 fully saturated rings. The predicted molar refractivity (Wildman–Crippen MR) is 85.8 cm³/mol. The van der Waals surface area contributed by atoms with Crippen LogP contribution >= 0.6 is 22.4 Å². The van der Waals surface area contributed by atoms with Gasteiger partial charge in [-0.15, -0.1) is 10.2 Å². The van der Waals surface area contributed by atoms with Crippen molar-refractivity contribution < 1.29 is 0 Å². The SMILES string of the molecule is CC1=NC=CS1(CCC1CCCCC1)NC(N)=S. The van der Waals surface area contributed by atoms with Gasteiger partial charge in [0.05, 0.1) is 5.04 Å². The second kappa shape index (κ2) is 6.06. The Morgan fingerprint density at radius 3 is 2.78 bits per heavy atom. The molecule has 0 amide bonds. The minimum absolute atomic E-state index is 0.398. The van der Waals surface area contributed by atoms with Gasteiger partial charge in [0.2, 0.25) is 0 Å². The van der Waals surface area contributed by atoms with Crippen LogP contribution in [0.5, 0.6) is 0 Å². The van der Waals surface area contributed by atoms with Crippen LogP contribution in [0.15, 0.2) is 16.6 Å². The van der Waals surface area contributed by atoms with E-state index in [0.29, 0.717) is 5.11 Å². The minimum Gasteiger partial charge on any atom is -0.376 e. The fourth-order valence-electron chi connectivity index (χ4n) is 2.81. The highest BCUT2D eigenvalue weighted by Gasteiger charge is 2.29. The van der Waals surface area contributed by atoms with Crippen molar-refractivity contribution in [3.8, 4) is 0 Å². The number of rotatable bonds is 4. The molecular weight excluding hydrogens is 262 g/mol. The molecule has 0 spiro atoms. The van der Waals surface area contributed by atoms with Gasteiger partial charge in [-0.3, -0.25) is 4.99 Å². The lowest BCUT2D eigenvalue weighted by Gasteiger charge is -2.37. The third kappa shape index (κ3) is 3.26. The third-order valence-electron chi connectivity index (χ3n) is 3.93. The molecule has 0 aromatic rings. The Kier molecular flexibility index (Phi) is 4.67. The zero-order chi connectivity index (χ0) is 13.0. The Hall–Kier alpha value is -0.550. The van der Waals surface area contributed by atoms with Gasteiger partial charge in [-0.05, 0) is 36.9 Å². The van der Waals surface area contributed by atoms with Crippen LogP contribution in [0.25, 0.3) is 0 Å². The van der Waals surface area contributed by atoms with Gasteiger partial charge in [0.1, 0.15) is 0 Å². The van der Waals surface area contributed by atoms with E-state index in [2.05, 4.69) is 22.0 Å². The molecule has 1 atom stereocenters. The van der Waals surface area contributed by atoms with E-state index < -0.39 is 10.2 Å². The summed E-state index contributed by atoms with van der Waals surface area (Å²) in [5.41, 5.74) is 5.68. The molecule has 0 aromatic carbocycles. The van der Waals surface area contributed by atoms with Crippen LogP contribution in [0.4, 0.5) is 0 Å². The second-order valence-electron chi connectivity index (χ2n) is 5.19. The third-order valence-corrected chi connectivity index (χ3v) is 7.37. The zero-order valence-electron chi connectivity index (χ0n) is 11.0. The number of nitrogens with one attached hydrogen (secondary N) is 1. The van der Waals surface area contributed by atoms with Gasteiger partial charge in [-0.1, -0.05) is 32.1 Å². The lowest BCUT2D eigenvalue weighted by Crippen LogP contribution is -2.35. The van der Waals surface area contributed by atoms with Crippen molar-refractivity contribution in [1.29, 1.82) is 0 Å². The van der Waals surface area contributed by atoms with E-state index >= 15 is 0 Å². The van der Waals surface area contributed by atoms with E-state index in [4.69, 9.17) is 18.0 Å². The summed E-state index contributed by atoms with van der Waals surface area (Å²) < 4.78 is 3.32. The summed E-state index contributed by atoms with van der Waals surface area (Å²) in [7, 11) is -1.19. The van der Waals surface area contributed by atoms with Gasteiger partial charge >= 0.3 is 0 Å². The van der Waals surface area contributed by atoms with Crippen LogP contribution < -0.4 is 10.5 Å². The molecule has 2 rings (SSSR count). The molecule has 1 aliphatic carbocycles. The van der Waals surface area contributed by atoms with Crippen molar-refractivity contribution in [2.45, 2.75) is 45.4 Å². The van der Waals surface area contributed by atoms with Gasteiger partial charge in [0, 0.05) is 12.0 Å². The van der Waals surface area contributed by atoms with E-state index in [-0.39, 0.29) is 0 Å². The molecule has 18 heavy (non-hydrogen) atoms.